The summed E-state index contributed by atoms with van der Waals surface area (Å²) in [5.74, 6) is -0.870. The molecular formula is C22H32N2O7. The van der Waals surface area contributed by atoms with Gasteiger partial charge in [-0.15, -0.1) is 0 Å². The van der Waals surface area contributed by atoms with Crippen LogP contribution in [0.15, 0.2) is 12.1 Å². The minimum atomic E-state index is -1.09. The SMILES string of the molecule is CCCC(NC(C)C(=O)N1Cc2cc(OC)c(OC)cc2C[C@H]1C(=O)O)C(=O)OCC. The molecule has 1 aliphatic rings. The number of methoxy groups -OCH3 is 2. The number of carbonyl (C=O) groups is 3. The molecule has 172 valence electrons. The second-order valence-corrected chi connectivity index (χ2v) is 7.48. The minimum Gasteiger partial charge on any atom is -0.493 e. The van der Waals surface area contributed by atoms with Gasteiger partial charge in [-0.1, -0.05) is 13.3 Å². The van der Waals surface area contributed by atoms with Crippen LogP contribution in [0, 0.1) is 0 Å². The van der Waals surface area contributed by atoms with E-state index in [1.54, 1.807) is 26.0 Å². The van der Waals surface area contributed by atoms with Gasteiger partial charge in [0.1, 0.15) is 12.1 Å². The number of fused-ring (bicyclic) bond motifs is 1. The molecule has 3 atom stereocenters. The summed E-state index contributed by atoms with van der Waals surface area (Å²) in [6.07, 6.45) is 1.40. The molecule has 1 aliphatic heterocycles. The van der Waals surface area contributed by atoms with E-state index < -0.39 is 36.0 Å². The van der Waals surface area contributed by atoms with Crippen molar-refractivity contribution in [1.82, 2.24) is 10.2 Å². The van der Waals surface area contributed by atoms with Crippen LogP contribution in [0.2, 0.25) is 0 Å². The van der Waals surface area contributed by atoms with Crippen LogP contribution in [0.5, 0.6) is 11.5 Å². The van der Waals surface area contributed by atoms with Crippen LogP contribution >= 0.6 is 0 Å². The van der Waals surface area contributed by atoms with Gasteiger partial charge in [0.25, 0.3) is 0 Å². The molecule has 2 unspecified atom stereocenters. The number of carboxylic acid groups (broad SMARTS) is 1. The van der Waals surface area contributed by atoms with Crippen molar-refractivity contribution >= 4 is 17.8 Å². The Morgan fingerprint density at radius 3 is 2.29 bits per heavy atom. The lowest BCUT2D eigenvalue weighted by atomic mass is 9.92. The number of aliphatic carboxylic acids is 1. The number of carboxylic acids is 1. The Morgan fingerprint density at radius 2 is 1.77 bits per heavy atom. The van der Waals surface area contributed by atoms with E-state index in [9.17, 15) is 19.5 Å². The van der Waals surface area contributed by atoms with Gasteiger partial charge in [0, 0.05) is 13.0 Å². The summed E-state index contributed by atoms with van der Waals surface area (Å²) in [5.41, 5.74) is 1.59. The minimum absolute atomic E-state index is 0.120. The number of esters is 1. The molecule has 0 aliphatic carbocycles. The molecule has 2 N–H and O–H groups in total. The Morgan fingerprint density at radius 1 is 1.16 bits per heavy atom. The van der Waals surface area contributed by atoms with Gasteiger partial charge in [0.05, 0.1) is 26.9 Å². The van der Waals surface area contributed by atoms with Crippen molar-refractivity contribution in [1.29, 1.82) is 0 Å². The maximum atomic E-state index is 13.2. The van der Waals surface area contributed by atoms with Crippen LogP contribution in [-0.4, -0.2) is 66.8 Å². The van der Waals surface area contributed by atoms with Crippen LogP contribution in [-0.2, 0) is 32.1 Å². The van der Waals surface area contributed by atoms with Gasteiger partial charge in [-0.25, -0.2) is 4.79 Å². The highest BCUT2D eigenvalue weighted by atomic mass is 16.5. The maximum absolute atomic E-state index is 13.2. The summed E-state index contributed by atoms with van der Waals surface area (Å²) in [6, 6.07) is 1.11. The molecule has 1 amide bonds. The average molecular weight is 437 g/mol. The summed E-state index contributed by atoms with van der Waals surface area (Å²) < 4.78 is 15.7. The molecule has 0 radical (unpaired) electrons. The number of rotatable bonds is 10. The van der Waals surface area contributed by atoms with Crippen molar-refractivity contribution in [3.05, 3.63) is 23.3 Å². The number of hydrogen-bond donors (Lipinski definition) is 2. The molecule has 1 aromatic carbocycles. The van der Waals surface area contributed by atoms with E-state index >= 15 is 0 Å². The number of amides is 1. The van der Waals surface area contributed by atoms with Gasteiger partial charge in [-0.2, -0.15) is 0 Å². The van der Waals surface area contributed by atoms with Crippen molar-refractivity contribution in [2.45, 2.75) is 64.7 Å². The molecule has 1 aromatic rings. The quantitative estimate of drug-likeness (QED) is 0.533. The lowest BCUT2D eigenvalue weighted by molar-refractivity contribution is -0.153. The predicted molar refractivity (Wildman–Crippen MR) is 113 cm³/mol. The second kappa shape index (κ2) is 11.0. The third-order valence-corrected chi connectivity index (χ3v) is 5.37. The Balaban J connectivity index is 2.27. The Kier molecular flexibility index (Phi) is 8.67. The number of hydrogen-bond acceptors (Lipinski definition) is 7. The molecule has 0 saturated heterocycles. The lowest BCUT2D eigenvalue weighted by Gasteiger charge is -2.37. The Bertz CT molecular complexity index is 811. The zero-order valence-corrected chi connectivity index (χ0v) is 18.8. The first-order chi connectivity index (χ1) is 14.8. The summed E-state index contributed by atoms with van der Waals surface area (Å²) >= 11 is 0. The van der Waals surface area contributed by atoms with Crippen molar-refractivity contribution in [3.8, 4) is 11.5 Å². The van der Waals surface area contributed by atoms with Crippen molar-refractivity contribution < 1.29 is 33.7 Å². The smallest absolute Gasteiger partial charge is 0.326 e. The third-order valence-electron chi connectivity index (χ3n) is 5.37. The standard InChI is InChI=1S/C22H32N2O7/c1-6-8-16(22(28)31-7-2)23-13(3)20(25)24-12-15-11-19(30-5)18(29-4)10-14(15)9-17(24)21(26)27/h10-11,13,16-17,23H,6-9,12H2,1-5H3,(H,26,27)/t13?,16?,17-/m0/s1. The van der Waals surface area contributed by atoms with Crippen LogP contribution in [0.25, 0.3) is 0 Å². The molecule has 9 nitrogen and oxygen atoms in total. The van der Waals surface area contributed by atoms with E-state index in [0.717, 1.165) is 17.5 Å². The van der Waals surface area contributed by atoms with E-state index in [1.807, 2.05) is 6.92 Å². The van der Waals surface area contributed by atoms with Crippen LogP contribution < -0.4 is 14.8 Å². The first-order valence-electron chi connectivity index (χ1n) is 10.5. The monoisotopic (exact) mass is 436 g/mol. The van der Waals surface area contributed by atoms with Gasteiger partial charge < -0.3 is 24.2 Å². The van der Waals surface area contributed by atoms with E-state index in [2.05, 4.69) is 5.32 Å². The van der Waals surface area contributed by atoms with E-state index in [-0.39, 0.29) is 19.6 Å². The average Bonchev–Trinajstić information content (AvgIpc) is 2.76. The fourth-order valence-corrected chi connectivity index (χ4v) is 3.79. The largest absolute Gasteiger partial charge is 0.493 e. The molecule has 0 spiro atoms. The van der Waals surface area contributed by atoms with Gasteiger partial charge in [0.2, 0.25) is 5.91 Å². The number of ether oxygens (including phenoxy) is 3. The first-order valence-corrected chi connectivity index (χ1v) is 10.5. The Hall–Kier alpha value is -2.81. The van der Waals surface area contributed by atoms with Crippen LogP contribution in [0.1, 0.15) is 44.7 Å². The maximum Gasteiger partial charge on any atom is 0.326 e. The number of nitrogens with zero attached hydrogens (tertiary/aromatic N) is 1. The summed E-state index contributed by atoms with van der Waals surface area (Å²) in [5, 5.41) is 12.8. The van der Waals surface area contributed by atoms with Gasteiger partial charge in [-0.3, -0.25) is 14.9 Å². The van der Waals surface area contributed by atoms with Crippen molar-refractivity contribution in [2.75, 3.05) is 20.8 Å². The highest BCUT2D eigenvalue weighted by Gasteiger charge is 2.38. The fraction of sp³-hybridized carbons (Fsp3) is 0.591. The summed E-state index contributed by atoms with van der Waals surface area (Å²) in [4.78, 5) is 38.7. The molecule has 9 heteroatoms. The fourth-order valence-electron chi connectivity index (χ4n) is 3.79. The van der Waals surface area contributed by atoms with E-state index in [0.29, 0.717) is 17.9 Å². The van der Waals surface area contributed by atoms with Crippen LogP contribution in [0.4, 0.5) is 0 Å². The predicted octanol–water partition coefficient (Wildman–Crippen LogP) is 1.75. The van der Waals surface area contributed by atoms with E-state index in [4.69, 9.17) is 14.2 Å². The van der Waals surface area contributed by atoms with Crippen LogP contribution in [0.3, 0.4) is 0 Å². The topological polar surface area (TPSA) is 114 Å². The Labute approximate surface area is 182 Å². The summed E-state index contributed by atoms with van der Waals surface area (Å²) in [6.45, 7) is 5.66. The molecule has 1 heterocycles. The normalized spacial score (nSPS) is 17.3. The molecule has 2 rings (SSSR count). The molecule has 0 aromatic heterocycles. The second-order valence-electron chi connectivity index (χ2n) is 7.48. The molecule has 0 bridgehead atoms. The van der Waals surface area contributed by atoms with Gasteiger partial charge >= 0.3 is 11.9 Å². The van der Waals surface area contributed by atoms with Gasteiger partial charge in [-0.05, 0) is 43.5 Å². The number of carbonyl (C=O) groups excluding carboxylic acids is 2. The molecule has 31 heavy (non-hydrogen) atoms. The third kappa shape index (κ3) is 5.66. The molecular weight excluding hydrogens is 404 g/mol. The van der Waals surface area contributed by atoms with Crippen molar-refractivity contribution in [2.24, 2.45) is 0 Å². The number of benzene rings is 1. The van der Waals surface area contributed by atoms with Gasteiger partial charge in [0.15, 0.2) is 11.5 Å². The zero-order valence-electron chi connectivity index (χ0n) is 18.8. The zero-order chi connectivity index (χ0) is 23.1. The number of nitrogens with one attached hydrogen (secondary N) is 1. The highest BCUT2D eigenvalue weighted by molar-refractivity contribution is 5.88. The van der Waals surface area contributed by atoms with E-state index in [1.165, 1.54) is 19.1 Å². The first kappa shape index (κ1) is 24.5. The highest BCUT2D eigenvalue weighted by Crippen LogP contribution is 2.35. The summed E-state index contributed by atoms with van der Waals surface area (Å²) in [7, 11) is 3.03. The molecule has 0 fully saturated rings. The van der Waals surface area contributed by atoms with Crippen molar-refractivity contribution in [3.63, 3.8) is 0 Å². The lowest BCUT2D eigenvalue weighted by Crippen LogP contribution is -2.56. The molecule has 0 saturated carbocycles.